The number of pyridine rings is 1. The minimum absolute atomic E-state index is 0.0266. The van der Waals surface area contributed by atoms with Crippen molar-refractivity contribution in [1.82, 2.24) is 14.0 Å². The van der Waals surface area contributed by atoms with E-state index in [9.17, 15) is 0 Å². The zero-order chi connectivity index (χ0) is 29.9. The maximum Gasteiger partial charge on any atom is 0.165 e. The first-order chi connectivity index (χ1) is 21.1. The lowest BCUT2D eigenvalue weighted by atomic mass is 9.78. The molecular weight excluding hydrogens is 522 g/mol. The lowest BCUT2D eigenvalue weighted by Crippen LogP contribution is -2.17. The smallest absolute Gasteiger partial charge is 0.165 e. The van der Waals surface area contributed by atoms with Crippen LogP contribution in [0.15, 0.2) is 109 Å². The third-order valence-corrected chi connectivity index (χ3v) is 9.23. The van der Waals surface area contributed by atoms with Crippen molar-refractivity contribution >= 4 is 55.0 Å². The Morgan fingerprint density at radius 2 is 1.30 bits per heavy atom. The van der Waals surface area contributed by atoms with Crippen LogP contribution in [-0.4, -0.2) is 14.0 Å². The predicted octanol–water partition coefficient (Wildman–Crippen LogP) is 11.2. The number of rotatable bonds is 1. The van der Waals surface area contributed by atoms with Gasteiger partial charge in [-0.25, -0.2) is 4.98 Å². The van der Waals surface area contributed by atoms with Gasteiger partial charge in [-0.3, -0.25) is 8.97 Å². The fourth-order valence-corrected chi connectivity index (χ4v) is 7.50. The van der Waals surface area contributed by atoms with Crippen molar-refractivity contribution in [3.8, 4) is 5.69 Å². The van der Waals surface area contributed by atoms with Gasteiger partial charge >= 0.3 is 0 Å². The molecule has 7 aromatic rings. The van der Waals surface area contributed by atoms with E-state index in [2.05, 4.69) is 126 Å². The number of para-hydroxylation sites is 2. The molecule has 9 rings (SSSR count). The molecule has 0 radical (unpaired) electrons. The summed E-state index contributed by atoms with van der Waals surface area (Å²) in [6.07, 6.45) is 6.95. The lowest BCUT2D eigenvalue weighted by molar-refractivity contribution is 0.607. The molecule has 0 saturated carbocycles. The first-order valence-corrected chi connectivity index (χ1v) is 15.9. The number of imidazole rings is 1. The zero-order valence-corrected chi connectivity index (χ0v) is 26.1. The largest absolute Gasteiger partial charge is 0.292 e. The van der Waals surface area contributed by atoms with Crippen molar-refractivity contribution in [1.29, 1.82) is 0 Å². The Hall–Kier alpha value is -4.63. The first-order valence-electron chi connectivity index (χ1n) is 15.9. The number of benzene rings is 4. The minimum atomic E-state index is 0.0266. The van der Waals surface area contributed by atoms with Crippen molar-refractivity contribution in [2.45, 2.75) is 59.8 Å². The molecule has 0 saturated heterocycles. The number of aromatic nitrogens is 3. The highest BCUT2D eigenvalue weighted by atomic mass is 15.1. The van der Waals surface area contributed by atoms with Gasteiger partial charge in [0.1, 0.15) is 11.2 Å². The summed E-state index contributed by atoms with van der Waals surface area (Å²) in [6.45, 7) is 12.8. The summed E-state index contributed by atoms with van der Waals surface area (Å²) in [7, 11) is 0. The van der Waals surface area contributed by atoms with Gasteiger partial charge in [-0.05, 0) is 47.6 Å². The zero-order valence-electron chi connectivity index (χ0n) is 26.1. The van der Waals surface area contributed by atoms with E-state index in [1.54, 1.807) is 5.57 Å². The normalized spacial score (nSPS) is 15.0. The molecule has 0 fully saturated rings. The molecule has 3 aromatic heterocycles. The summed E-state index contributed by atoms with van der Waals surface area (Å²) in [4.78, 5) is 5.46. The van der Waals surface area contributed by atoms with E-state index in [1.165, 1.54) is 60.5 Å². The van der Waals surface area contributed by atoms with Crippen LogP contribution in [0.1, 0.15) is 65.5 Å². The van der Waals surface area contributed by atoms with Crippen LogP contribution in [0.4, 0.5) is 0 Å². The molecule has 4 aromatic carbocycles. The summed E-state index contributed by atoms with van der Waals surface area (Å²) in [5.74, 6) is 0. The maximum absolute atomic E-state index is 5.46. The Balaban J connectivity index is 0.000000723. The SMILES string of the molecule is CC.CC.CC1(C)C2=C(C=CCC2)c2c(-n3c4ccccc4c4c3nc3c5ccccc5c5ccccc5n34)cccc21. The van der Waals surface area contributed by atoms with Crippen molar-refractivity contribution in [2.24, 2.45) is 0 Å². The maximum atomic E-state index is 5.46. The number of fused-ring (bicyclic) bond motifs is 12. The van der Waals surface area contributed by atoms with Crippen LogP contribution in [0.3, 0.4) is 0 Å². The van der Waals surface area contributed by atoms with Gasteiger partial charge in [-0.1, -0.05) is 132 Å². The Bertz CT molecular complexity index is 2250. The summed E-state index contributed by atoms with van der Waals surface area (Å²) < 4.78 is 4.82. The standard InChI is InChI=1S/C36H27N3.2C2H6/c1-36(2)27-17-8-5-15-25(27)32-28(36)18-11-21-31(32)38-30-20-10-7-16-26(30)33-35(38)37-34-24-14-4-3-12-22(24)23-13-6-9-19-29(23)39(33)34;2*1-2/h3-7,9-16,18-21H,8,17H2,1-2H3;2*1-2H3. The Kier molecular flexibility index (Phi) is 6.50. The van der Waals surface area contributed by atoms with Crippen molar-refractivity contribution in [2.75, 3.05) is 0 Å². The van der Waals surface area contributed by atoms with Gasteiger partial charge in [0.15, 0.2) is 5.65 Å². The monoisotopic (exact) mass is 561 g/mol. The van der Waals surface area contributed by atoms with Crippen LogP contribution >= 0.6 is 0 Å². The Morgan fingerprint density at radius 1 is 0.651 bits per heavy atom. The van der Waals surface area contributed by atoms with Gasteiger partial charge < -0.3 is 0 Å². The molecule has 214 valence electrons. The number of hydrogen-bond donors (Lipinski definition) is 0. The molecule has 0 unspecified atom stereocenters. The Labute approximate surface area is 253 Å². The molecule has 43 heavy (non-hydrogen) atoms. The highest BCUT2D eigenvalue weighted by Crippen LogP contribution is 2.52. The molecule has 0 amide bonds. The molecule has 3 heterocycles. The topological polar surface area (TPSA) is 22.2 Å². The van der Waals surface area contributed by atoms with Crippen LogP contribution in [0, 0.1) is 0 Å². The van der Waals surface area contributed by atoms with E-state index < -0.39 is 0 Å². The molecule has 0 atom stereocenters. The van der Waals surface area contributed by atoms with Crippen molar-refractivity contribution < 1.29 is 0 Å². The molecule has 0 spiro atoms. The van der Waals surface area contributed by atoms with Gasteiger partial charge in [0, 0.05) is 27.1 Å². The number of hydrogen-bond acceptors (Lipinski definition) is 1. The second kappa shape index (κ2) is 10.3. The summed E-state index contributed by atoms with van der Waals surface area (Å²) in [6, 6.07) is 33.1. The van der Waals surface area contributed by atoms with Crippen LogP contribution in [0.2, 0.25) is 0 Å². The predicted molar refractivity (Wildman–Crippen MR) is 186 cm³/mol. The quantitative estimate of drug-likeness (QED) is 0.183. The van der Waals surface area contributed by atoms with Crippen molar-refractivity contribution in [3.05, 3.63) is 120 Å². The van der Waals surface area contributed by atoms with E-state index in [0.29, 0.717) is 0 Å². The molecule has 3 nitrogen and oxygen atoms in total. The molecule has 0 N–H and O–H groups in total. The molecular formula is C40H39N3. The second-order valence-electron chi connectivity index (χ2n) is 11.5. The second-order valence-corrected chi connectivity index (χ2v) is 11.5. The average Bonchev–Trinajstić information content (AvgIpc) is 3.69. The van der Waals surface area contributed by atoms with Gasteiger partial charge in [-0.15, -0.1) is 0 Å². The fourth-order valence-electron chi connectivity index (χ4n) is 7.50. The third kappa shape index (κ3) is 3.64. The molecule has 0 bridgehead atoms. The van der Waals surface area contributed by atoms with Gasteiger partial charge in [0.25, 0.3) is 0 Å². The average molecular weight is 562 g/mol. The minimum Gasteiger partial charge on any atom is -0.292 e. The number of nitrogens with zero attached hydrogens (tertiary/aromatic N) is 3. The molecule has 2 aliphatic carbocycles. The summed E-state index contributed by atoms with van der Waals surface area (Å²) in [5, 5.41) is 4.90. The van der Waals surface area contributed by atoms with Crippen LogP contribution in [-0.2, 0) is 5.41 Å². The van der Waals surface area contributed by atoms with Gasteiger partial charge in [0.2, 0.25) is 0 Å². The van der Waals surface area contributed by atoms with Crippen LogP contribution < -0.4 is 0 Å². The highest BCUT2D eigenvalue weighted by Gasteiger charge is 2.39. The van der Waals surface area contributed by atoms with Crippen LogP contribution in [0.5, 0.6) is 0 Å². The lowest BCUT2D eigenvalue weighted by Gasteiger charge is -2.25. The summed E-state index contributed by atoms with van der Waals surface area (Å²) >= 11 is 0. The van der Waals surface area contributed by atoms with Crippen molar-refractivity contribution in [3.63, 3.8) is 0 Å². The fraction of sp³-hybridized carbons (Fsp3) is 0.225. The van der Waals surface area contributed by atoms with E-state index in [4.69, 9.17) is 4.98 Å². The number of allylic oxidation sites excluding steroid dienone is 4. The Morgan fingerprint density at radius 3 is 2.07 bits per heavy atom. The molecule has 2 aliphatic rings. The summed E-state index contributed by atoms with van der Waals surface area (Å²) in [5.41, 5.74) is 12.6. The molecule has 3 heteroatoms. The van der Waals surface area contributed by atoms with E-state index in [1.807, 2.05) is 27.7 Å². The van der Waals surface area contributed by atoms with Crippen LogP contribution in [0.25, 0.3) is 60.6 Å². The van der Waals surface area contributed by atoms with E-state index in [0.717, 1.165) is 24.1 Å². The third-order valence-electron chi connectivity index (χ3n) is 9.23. The first kappa shape index (κ1) is 27.2. The van der Waals surface area contributed by atoms with E-state index in [-0.39, 0.29) is 5.41 Å². The van der Waals surface area contributed by atoms with Gasteiger partial charge in [0.05, 0.1) is 16.7 Å². The van der Waals surface area contributed by atoms with Gasteiger partial charge in [-0.2, -0.15) is 0 Å². The molecule has 0 aliphatic heterocycles. The van der Waals surface area contributed by atoms with E-state index >= 15 is 0 Å². The highest BCUT2D eigenvalue weighted by molar-refractivity contribution is 6.17.